The smallest absolute Gasteiger partial charge is 0.309 e. The van der Waals surface area contributed by atoms with Crippen LogP contribution in [0.2, 0.25) is 0 Å². The van der Waals surface area contributed by atoms with Crippen molar-refractivity contribution in [2.24, 2.45) is 5.92 Å². The van der Waals surface area contributed by atoms with Crippen LogP contribution in [0.3, 0.4) is 0 Å². The summed E-state index contributed by atoms with van der Waals surface area (Å²) in [5.41, 5.74) is 0.778. The van der Waals surface area contributed by atoms with Gasteiger partial charge in [0.2, 0.25) is 0 Å². The molecule has 1 N–H and O–H groups in total. The van der Waals surface area contributed by atoms with Crippen LogP contribution in [0, 0.1) is 5.92 Å². The van der Waals surface area contributed by atoms with E-state index in [4.69, 9.17) is 9.47 Å². The van der Waals surface area contributed by atoms with Crippen LogP contribution in [0.15, 0.2) is 24.3 Å². The van der Waals surface area contributed by atoms with E-state index in [9.17, 15) is 4.79 Å². The predicted octanol–water partition coefficient (Wildman–Crippen LogP) is 3.69. The first-order valence-electron chi connectivity index (χ1n) is 8.47. The van der Waals surface area contributed by atoms with E-state index in [1.165, 1.54) is 5.56 Å². The maximum absolute atomic E-state index is 12.1. The van der Waals surface area contributed by atoms with Crippen LogP contribution in [0.1, 0.15) is 52.0 Å². The first-order chi connectivity index (χ1) is 10.9. The fourth-order valence-electron chi connectivity index (χ4n) is 3.02. The summed E-state index contributed by atoms with van der Waals surface area (Å²) in [5, 5.41) is 3.59. The summed E-state index contributed by atoms with van der Waals surface area (Å²) in [6.45, 7) is 6.56. The SMILES string of the molecule is COc1ccccc1CNC1CCC(C(=O)OC(C)(C)C)CC1. The van der Waals surface area contributed by atoms with Crippen LogP contribution in [-0.4, -0.2) is 24.7 Å². The zero-order chi connectivity index (χ0) is 16.9. The first kappa shape index (κ1) is 17.8. The summed E-state index contributed by atoms with van der Waals surface area (Å²) in [7, 11) is 1.70. The quantitative estimate of drug-likeness (QED) is 0.841. The van der Waals surface area contributed by atoms with E-state index in [2.05, 4.69) is 11.4 Å². The maximum atomic E-state index is 12.1. The molecule has 1 aliphatic carbocycles. The molecule has 1 aromatic carbocycles. The number of rotatable bonds is 5. The molecule has 2 rings (SSSR count). The molecular formula is C19H29NO3. The fourth-order valence-corrected chi connectivity index (χ4v) is 3.02. The summed E-state index contributed by atoms with van der Waals surface area (Å²) < 4.78 is 10.9. The Hall–Kier alpha value is -1.55. The average molecular weight is 319 g/mol. The zero-order valence-electron chi connectivity index (χ0n) is 14.7. The first-order valence-corrected chi connectivity index (χ1v) is 8.47. The molecule has 0 unspecified atom stereocenters. The Morgan fingerprint density at radius 3 is 2.43 bits per heavy atom. The van der Waals surface area contributed by atoms with Crippen LogP contribution in [0.25, 0.3) is 0 Å². The summed E-state index contributed by atoms with van der Waals surface area (Å²) in [6.07, 6.45) is 3.83. The molecule has 0 bridgehead atoms. The van der Waals surface area contributed by atoms with E-state index in [1.54, 1.807) is 7.11 Å². The van der Waals surface area contributed by atoms with Crippen molar-refractivity contribution in [2.45, 2.75) is 64.6 Å². The molecular weight excluding hydrogens is 290 g/mol. The molecule has 0 radical (unpaired) electrons. The molecule has 0 amide bonds. The lowest BCUT2D eigenvalue weighted by Crippen LogP contribution is -2.36. The van der Waals surface area contributed by atoms with Gasteiger partial charge >= 0.3 is 5.97 Å². The van der Waals surface area contributed by atoms with Gasteiger partial charge in [0, 0.05) is 18.2 Å². The van der Waals surface area contributed by atoms with Crippen LogP contribution in [0.4, 0.5) is 0 Å². The third kappa shape index (κ3) is 5.54. The third-order valence-corrected chi connectivity index (χ3v) is 4.24. The Balaban J connectivity index is 1.78. The molecule has 0 atom stereocenters. The van der Waals surface area contributed by atoms with Crippen LogP contribution in [-0.2, 0) is 16.1 Å². The molecule has 4 nitrogen and oxygen atoms in total. The predicted molar refractivity (Wildman–Crippen MR) is 91.4 cm³/mol. The maximum Gasteiger partial charge on any atom is 0.309 e. The number of benzene rings is 1. The Bertz CT molecular complexity index is 514. The van der Waals surface area contributed by atoms with Gasteiger partial charge in [-0.05, 0) is 52.5 Å². The minimum atomic E-state index is -0.393. The summed E-state index contributed by atoms with van der Waals surface area (Å²) in [4.78, 5) is 12.1. The minimum absolute atomic E-state index is 0.0410. The van der Waals surface area contributed by atoms with E-state index in [1.807, 2.05) is 39.0 Å². The van der Waals surface area contributed by atoms with Crippen molar-refractivity contribution in [2.75, 3.05) is 7.11 Å². The van der Waals surface area contributed by atoms with Gasteiger partial charge in [-0.25, -0.2) is 0 Å². The van der Waals surface area contributed by atoms with Crippen molar-refractivity contribution in [3.05, 3.63) is 29.8 Å². The molecule has 0 spiro atoms. The number of hydrogen-bond donors (Lipinski definition) is 1. The van der Waals surface area contributed by atoms with Gasteiger partial charge in [0.25, 0.3) is 0 Å². The second-order valence-electron chi connectivity index (χ2n) is 7.27. The van der Waals surface area contributed by atoms with Crippen LogP contribution < -0.4 is 10.1 Å². The van der Waals surface area contributed by atoms with Gasteiger partial charge in [0.05, 0.1) is 13.0 Å². The molecule has 1 aromatic rings. The standard InChI is InChI=1S/C19H29NO3/c1-19(2,3)23-18(21)14-9-11-16(12-10-14)20-13-15-7-5-6-8-17(15)22-4/h5-8,14,16,20H,9-13H2,1-4H3. The van der Waals surface area contributed by atoms with Crippen molar-refractivity contribution in [3.8, 4) is 5.75 Å². The van der Waals surface area contributed by atoms with Crippen molar-refractivity contribution < 1.29 is 14.3 Å². The monoisotopic (exact) mass is 319 g/mol. The molecule has 0 heterocycles. The van der Waals surface area contributed by atoms with Crippen LogP contribution in [0.5, 0.6) is 5.75 Å². The van der Waals surface area contributed by atoms with Gasteiger partial charge < -0.3 is 14.8 Å². The van der Waals surface area contributed by atoms with Crippen molar-refractivity contribution in [1.82, 2.24) is 5.32 Å². The largest absolute Gasteiger partial charge is 0.496 e. The van der Waals surface area contributed by atoms with Gasteiger partial charge in [0.1, 0.15) is 11.4 Å². The van der Waals surface area contributed by atoms with Crippen LogP contribution >= 0.6 is 0 Å². The molecule has 128 valence electrons. The molecule has 1 aliphatic rings. The second kappa shape index (κ2) is 7.82. The molecule has 1 fully saturated rings. The third-order valence-electron chi connectivity index (χ3n) is 4.24. The number of ether oxygens (including phenoxy) is 2. The van der Waals surface area contributed by atoms with E-state index in [-0.39, 0.29) is 11.9 Å². The lowest BCUT2D eigenvalue weighted by molar-refractivity contribution is -0.161. The minimum Gasteiger partial charge on any atom is -0.496 e. The van der Waals surface area contributed by atoms with E-state index in [0.717, 1.165) is 38.0 Å². The lowest BCUT2D eigenvalue weighted by Gasteiger charge is -2.30. The summed E-state index contributed by atoms with van der Waals surface area (Å²) in [5.74, 6) is 0.932. The number of nitrogens with one attached hydrogen (secondary N) is 1. The molecule has 4 heteroatoms. The Morgan fingerprint density at radius 2 is 1.83 bits per heavy atom. The second-order valence-corrected chi connectivity index (χ2v) is 7.27. The highest BCUT2D eigenvalue weighted by atomic mass is 16.6. The lowest BCUT2D eigenvalue weighted by atomic mass is 9.86. The van der Waals surface area contributed by atoms with Crippen molar-refractivity contribution in [3.63, 3.8) is 0 Å². The van der Waals surface area contributed by atoms with E-state index < -0.39 is 5.60 Å². The van der Waals surface area contributed by atoms with E-state index in [0.29, 0.717) is 6.04 Å². The molecule has 0 saturated heterocycles. The topological polar surface area (TPSA) is 47.6 Å². The molecule has 1 saturated carbocycles. The average Bonchev–Trinajstić information content (AvgIpc) is 2.52. The Kier molecular flexibility index (Phi) is 6.05. The van der Waals surface area contributed by atoms with E-state index >= 15 is 0 Å². The number of para-hydroxylation sites is 1. The molecule has 0 aromatic heterocycles. The highest BCUT2D eigenvalue weighted by molar-refractivity contribution is 5.73. The Morgan fingerprint density at radius 1 is 1.17 bits per heavy atom. The number of hydrogen-bond acceptors (Lipinski definition) is 4. The Labute approximate surface area is 139 Å². The van der Waals surface area contributed by atoms with Gasteiger partial charge in [-0.3, -0.25) is 4.79 Å². The molecule has 0 aliphatic heterocycles. The van der Waals surface area contributed by atoms with Gasteiger partial charge in [-0.1, -0.05) is 18.2 Å². The van der Waals surface area contributed by atoms with Gasteiger partial charge in [-0.2, -0.15) is 0 Å². The number of esters is 1. The number of carbonyl (C=O) groups excluding carboxylic acids is 1. The fraction of sp³-hybridized carbons (Fsp3) is 0.632. The van der Waals surface area contributed by atoms with Gasteiger partial charge in [0.15, 0.2) is 0 Å². The normalized spacial score (nSPS) is 21.7. The summed E-state index contributed by atoms with van der Waals surface area (Å²) >= 11 is 0. The number of methoxy groups -OCH3 is 1. The van der Waals surface area contributed by atoms with Gasteiger partial charge in [-0.15, -0.1) is 0 Å². The zero-order valence-corrected chi connectivity index (χ0v) is 14.7. The van der Waals surface area contributed by atoms with Crippen molar-refractivity contribution >= 4 is 5.97 Å². The van der Waals surface area contributed by atoms with Crippen molar-refractivity contribution in [1.29, 1.82) is 0 Å². The number of carbonyl (C=O) groups is 1. The highest BCUT2D eigenvalue weighted by Gasteiger charge is 2.29. The highest BCUT2D eigenvalue weighted by Crippen LogP contribution is 2.27. The summed E-state index contributed by atoms with van der Waals surface area (Å²) in [6, 6.07) is 8.53. The molecule has 23 heavy (non-hydrogen) atoms.